The van der Waals surface area contributed by atoms with E-state index in [2.05, 4.69) is 10.1 Å². The van der Waals surface area contributed by atoms with Gasteiger partial charge in [0.05, 0.1) is 18.4 Å². The Morgan fingerprint density at radius 2 is 2.04 bits per heavy atom. The highest BCUT2D eigenvalue weighted by Crippen LogP contribution is 2.14. The second kappa shape index (κ2) is 7.42. The smallest absolute Gasteiger partial charge is 0.410 e. The van der Waals surface area contributed by atoms with Crippen molar-refractivity contribution in [1.29, 1.82) is 0 Å². The number of pyridine rings is 1. The van der Waals surface area contributed by atoms with Gasteiger partial charge in [0.25, 0.3) is 0 Å². The maximum absolute atomic E-state index is 12.9. The van der Waals surface area contributed by atoms with Gasteiger partial charge in [0.1, 0.15) is 17.1 Å². The summed E-state index contributed by atoms with van der Waals surface area (Å²) in [5.74, 6) is -0.380. The number of carbonyl (C=O) groups is 1. The molecule has 7 heteroatoms. The molecule has 0 aliphatic heterocycles. The molecule has 0 aromatic carbocycles. The van der Waals surface area contributed by atoms with E-state index in [4.69, 9.17) is 4.74 Å². The molecule has 0 saturated heterocycles. The molecule has 0 saturated carbocycles. The molecule has 0 fully saturated rings. The number of hydrogen-bond donors (Lipinski definition) is 0. The van der Waals surface area contributed by atoms with Crippen LogP contribution in [0.25, 0.3) is 11.4 Å². The van der Waals surface area contributed by atoms with E-state index in [0.717, 1.165) is 6.20 Å². The number of carbonyl (C=O) groups excluding carboxylic acids is 1. The molecule has 0 unspecified atom stereocenters. The molecule has 2 rings (SSSR count). The highest BCUT2D eigenvalue weighted by Gasteiger charge is 2.20. The Labute approximate surface area is 141 Å². The standard InChI is InChI=1S/C17H23FN4O2/c1-5-21(16(23)24-17(2,3)4)10-11-22-9-8-15(20-22)14-7-6-13(18)12-19-14/h6-9,12H,5,10-11H2,1-4H3. The first-order chi connectivity index (χ1) is 11.3. The molecule has 0 N–H and O–H groups in total. The molecule has 0 atom stereocenters. The van der Waals surface area contributed by atoms with Crippen molar-refractivity contribution in [2.24, 2.45) is 0 Å². The lowest BCUT2D eigenvalue weighted by Gasteiger charge is -2.26. The van der Waals surface area contributed by atoms with Crippen LogP contribution in [0, 0.1) is 5.82 Å². The quantitative estimate of drug-likeness (QED) is 0.841. The van der Waals surface area contributed by atoms with Crippen molar-refractivity contribution >= 4 is 6.09 Å². The van der Waals surface area contributed by atoms with Crippen LogP contribution in [0.2, 0.25) is 0 Å². The summed E-state index contributed by atoms with van der Waals surface area (Å²) in [6.07, 6.45) is 2.64. The molecule has 2 aromatic heterocycles. The topological polar surface area (TPSA) is 60.2 Å². The Hall–Kier alpha value is -2.44. The summed E-state index contributed by atoms with van der Waals surface area (Å²) >= 11 is 0. The molecule has 130 valence electrons. The van der Waals surface area contributed by atoms with Gasteiger partial charge in [-0.15, -0.1) is 0 Å². The van der Waals surface area contributed by atoms with Crippen molar-refractivity contribution in [3.63, 3.8) is 0 Å². The predicted molar refractivity (Wildman–Crippen MR) is 88.9 cm³/mol. The third-order valence-electron chi connectivity index (χ3n) is 3.26. The largest absolute Gasteiger partial charge is 0.444 e. The zero-order valence-corrected chi connectivity index (χ0v) is 14.5. The van der Waals surface area contributed by atoms with Crippen molar-refractivity contribution in [3.05, 3.63) is 36.4 Å². The maximum atomic E-state index is 12.9. The van der Waals surface area contributed by atoms with E-state index >= 15 is 0 Å². The van der Waals surface area contributed by atoms with E-state index in [-0.39, 0.29) is 11.9 Å². The van der Waals surface area contributed by atoms with Crippen molar-refractivity contribution in [2.45, 2.75) is 39.8 Å². The highest BCUT2D eigenvalue weighted by atomic mass is 19.1. The number of nitrogens with zero attached hydrogens (tertiary/aromatic N) is 4. The fraction of sp³-hybridized carbons (Fsp3) is 0.471. The van der Waals surface area contributed by atoms with E-state index in [1.807, 2.05) is 40.0 Å². The summed E-state index contributed by atoms with van der Waals surface area (Å²) in [5, 5.41) is 4.40. The van der Waals surface area contributed by atoms with Gasteiger partial charge in [-0.3, -0.25) is 9.67 Å². The van der Waals surface area contributed by atoms with Gasteiger partial charge in [0.15, 0.2) is 0 Å². The first kappa shape index (κ1) is 17.9. The highest BCUT2D eigenvalue weighted by molar-refractivity contribution is 5.68. The molecule has 0 bridgehead atoms. The van der Waals surface area contributed by atoms with Gasteiger partial charge in [0.2, 0.25) is 0 Å². The summed E-state index contributed by atoms with van der Waals surface area (Å²) in [6, 6.07) is 4.74. The Bertz CT molecular complexity index is 677. The number of aromatic nitrogens is 3. The summed E-state index contributed by atoms with van der Waals surface area (Å²) < 4.78 is 20.0. The molecule has 1 amide bonds. The molecular formula is C17H23FN4O2. The first-order valence-electron chi connectivity index (χ1n) is 7.92. The average molecular weight is 334 g/mol. The summed E-state index contributed by atoms with van der Waals surface area (Å²) in [7, 11) is 0. The molecule has 6 nitrogen and oxygen atoms in total. The van der Waals surface area contributed by atoms with E-state index in [1.54, 1.807) is 15.6 Å². The van der Waals surface area contributed by atoms with Crippen molar-refractivity contribution in [1.82, 2.24) is 19.7 Å². The molecule has 2 heterocycles. The normalized spacial score (nSPS) is 11.4. The van der Waals surface area contributed by atoms with Gasteiger partial charge < -0.3 is 9.64 Å². The van der Waals surface area contributed by atoms with Gasteiger partial charge in [-0.1, -0.05) is 0 Å². The van der Waals surface area contributed by atoms with Crippen LogP contribution in [0.4, 0.5) is 9.18 Å². The fourth-order valence-electron chi connectivity index (χ4n) is 2.08. The molecule has 0 aliphatic carbocycles. The van der Waals surface area contributed by atoms with Gasteiger partial charge in [-0.25, -0.2) is 9.18 Å². The zero-order valence-electron chi connectivity index (χ0n) is 14.5. The monoisotopic (exact) mass is 334 g/mol. The minimum Gasteiger partial charge on any atom is -0.444 e. The van der Waals surface area contributed by atoms with Crippen LogP contribution in [-0.2, 0) is 11.3 Å². The minimum absolute atomic E-state index is 0.336. The molecule has 0 aliphatic rings. The number of amides is 1. The SMILES string of the molecule is CCN(CCn1ccc(-c2ccc(F)cn2)n1)C(=O)OC(C)(C)C. The van der Waals surface area contributed by atoms with E-state index in [1.165, 1.54) is 6.07 Å². The predicted octanol–water partition coefficient (Wildman–Crippen LogP) is 3.34. The third kappa shape index (κ3) is 5.04. The van der Waals surface area contributed by atoms with E-state index < -0.39 is 5.60 Å². The van der Waals surface area contributed by atoms with Crippen LogP contribution in [0.1, 0.15) is 27.7 Å². The van der Waals surface area contributed by atoms with Gasteiger partial charge in [-0.05, 0) is 45.9 Å². The second-order valence-corrected chi connectivity index (χ2v) is 6.39. The van der Waals surface area contributed by atoms with Gasteiger partial charge in [0, 0.05) is 19.3 Å². The number of likely N-dealkylation sites (N-methyl/N-ethyl adjacent to an activating group) is 1. The minimum atomic E-state index is -0.516. The first-order valence-corrected chi connectivity index (χ1v) is 7.92. The van der Waals surface area contributed by atoms with Crippen LogP contribution in [-0.4, -0.2) is 44.4 Å². The maximum Gasteiger partial charge on any atom is 0.410 e. The number of halogens is 1. The second-order valence-electron chi connectivity index (χ2n) is 6.39. The number of hydrogen-bond acceptors (Lipinski definition) is 4. The van der Waals surface area contributed by atoms with Crippen molar-refractivity contribution in [2.75, 3.05) is 13.1 Å². The lowest BCUT2D eigenvalue weighted by molar-refractivity contribution is 0.0253. The molecule has 2 aromatic rings. The molecular weight excluding hydrogens is 311 g/mol. The summed E-state index contributed by atoms with van der Waals surface area (Å²) in [6.45, 7) is 9.01. The fourth-order valence-corrected chi connectivity index (χ4v) is 2.08. The Morgan fingerprint density at radius 3 is 2.62 bits per heavy atom. The Balaban J connectivity index is 1.96. The Morgan fingerprint density at radius 1 is 1.29 bits per heavy atom. The van der Waals surface area contributed by atoms with Crippen LogP contribution in [0.3, 0.4) is 0 Å². The van der Waals surface area contributed by atoms with Crippen LogP contribution >= 0.6 is 0 Å². The molecule has 0 radical (unpaired) electrons. The number of rotatable bonds is 5. The lowest BCUT2D eigenvalue weighted by Crippen LogP contribution is -2.38. The van der Waals surface area contributed by atoms with Gasteiger partial charge >= 0.3 is 6.09 Å². The average Bonchev–Trinajstić information content (AvgIpc) is 2.95. The van der Waals surface area contributed by atoms with Gasteiger partial charge in [-0.2, -0.15) is 5.10 Å². The zero-order chi connectivity index (χ0) is 17.7. The molecule has 24 heavy (non-hydrogen) atoms. The van der Waals surface area contributed by atoms with Crippen molar-refractivity contribution in [3.8, 4) is 11.4 Å². The van der Waals surface area contributed by atoms with Crippen LogP contribution < -0.4 is 0 Å². The summed E-state index contributed by atoms with van der Waals surface area (Å²) in [5.41, 5.74) is 0.752. The van der Waals surface area contributed by atoms with E-state index in [0.29, 0.717) is 31.0 Å². The van der Waals surface area contributed by atoms with Crippen LogP contribution in [0.5, 0.6) is 0 Å². The van der Waals surface area contributed by atoms with E-state index in [9.17, 15) is 9.18 Å². The Kier molecular flexibility index (Phi) is 5.54. The van der Waals surface area contributed by atoms with Crippen molar-refractivity contribution < 1.29 is 13.9 Å². The third-order valence-corrected chi connectivity index (χ3v) is 3.26. The lowest BCUT2D eigenvalue weighted by atomic mass is 10.2. The number of ether oxygens (including phenoxy) is 1. The molecule has 0 spiro atoms. The summed E-state index contributed by atoms with van der Waals surface area (Å²) in [4.78, 5) is 17.7. The van der Waals surface area contributed by atoms with Crippen LogP contribution in [0.15, 0.2) is 30.6 Å².